The molecule has 2 aromatic rings. The lowest BCUT2D eigenvalue weighted by molar-refractivity contribution is 0.609. The summed E-state index contributed by atoms with van der Waals surface area (Å²) in [6.45, 7) is 0. The minimum Gasteiger partial charge on any atom is -0.311 e. The van der Waals surface area contributed by atoms with Crippen LogP contribution in [-0.4, -0.2) is 13.0 Å². The first kappa shape index (κ1) is 11.2. The molecule has 0 N–H and O–H groups in total. The summed E-state index contributed by atoms with van der Waals surface area (Å²) >= 11 is 0. The Balaban J connectivity index is 2.85. The molecular formula is C10H8ClNO3S. The van der Waals surface area contributed by atoms with E-state index in [-0.39, 0.29) is 10.5 Å². The first-order valence-corrected chi connectivity index (χ1v) is 6.75. The second kappa shape index (κ2) is 3.61. The van der Waals surface area contributed by atoms with Gasteiger partial charge >= 0.3 is 0 Å². The minimum atomic E-state index is -3.73. The number of pyridine rings is 1. The van der Waals surface area contributed by atoms with Crippen LogP contribution in [0.4, 0.5) is 0 Å². The largest absolute Gasteiger partial charge is 0.311 e. The molecule has 0 bridgehead atoms. The summed E-state index contributed by atoms with van der Waals surface area (Å²) in [7, 11) is 3.13. The van der Waals surface area contributed by atoms with Gasteiger partial charge in [0.25, 0.3) is 14.6 Å². The molecule has 0 aliphatic rings. The van der Waals surface area contributed by atoms with Gasteiger partial charge in [0.15, 0.2) is 0 Å². The summed E-state index contributed by atoms with van der Waals surface area (Å²) in [4.78, 5) is 11.4. The third kappa shape index (κ3) is 1.83. The van der Waals surface area contributed by atoms with Gasteiger partial charge in [-0.3, -0.25) is 4.79 Å². The minimum absolute atomic E-state index is 0.0281. The van der Waals surface area contributed by atoms with Gasteiger partial charge < -0.3 is 4.57 Å². The SMILES string of the molecule is Cn1c(=O)ccc2cc(S(=O)(=O)Cl)ccc21. The van der Waals surface area contributed by atoms with Crippen LogP contribution in [0.3, 0.4) is 0 Å². The third-order valence-electron chi connectivity index (χ3n) is 2.38. The number of rotatable bonds is 1. The number of hydrogen-bond acceptors (Lipinski definition) is 3. The van der Waals surface area contributed by atoms with E-state index in [2.05, 4.69) is 0 Å². The van der Waals surface area contributed by atoms with Crippen LogP contribution in [0.15, 0.2) is 40.0 Å². The van der Waals surface area contributed by atoms with Gasteiger partial charge in [-0.1, -0.05) is 0 Å². The third-order valence-corrected chi connectivity index (χ3v) is 3.73. The van der Waals surface area contributed by atoms with Gasteiger partial charge in [-0.2, -0.15) is 0 Å². The average molecular weight is 258 g/mol. The van der Waals surface area contributed by atoms with Crippen molar-refractivity contribution >= 4 is 30.6 Å². The number of halogens is 1. The standard InChI is InChI=1S/C10H8ClNO3S/c1-12-9-4-3-8(16(11,14)15)6-7(9)2-5-10(12)13/h2-6H,1H3. The van der Waals surface area contributed by atoms with Crippen molar-refractivity contribution in [1.29, 1.82) is 0 Å². The van der Waals surface area contributed by atoms with E-state index in [0.717, 1.165) is 0 Å². The van der Waals surface area contributed by atoms with Crippen LogP contribution in [0.1, 0.15) is 0 Å². The number of benzene rings is 1. The monoisotopic (exact) mass is 257 g/mol. The normalized spacial score (nSPS) is 11.9. The molecule has 6 heteroatoms. The van der Waals surface area contributed by atoms with E-state index < -0.39 is 9.05 Å². The Labute approximate surface area is 96.5 Å². The zero-order chi connectivity index (χ0) is 11.9. The predicted molar refractivity (Wildman–Crippen MR) is 62.2 cm³/mol. The zero-order valence-corrected chi connectivity index (χ0v) is 9.92. The van der Waals surface area contributed by atoms with Gasteiger partial charge in [0.05, 0.1) is 10.4 Å². The molecule has 2 rings (SSSR count). The molecule has 0 radical (unpaired) electrons. The highest BCUT2D eigenvalue weighted by atomic mass is 35.7. The van der Waals surface area contributed by atoms with Crippen molar-refractivity contribution in [2.45, 2.75) is 4.90 Å². The van der Waals surface area contributed by atoms with Crippen molar-refractivity contribution in [2.75, 3.05) is 0 Å². The molecule has 1 aromatic heterocycles. The van der Waals surface area contributed by atoms with Crippen molar-refractivity contribution < 1.29 is 8.42 Å². The highest BCUT2D eigenvalue weighted by molar-refractivity contribution is 8.13. The van der Waals surface area contributed by atoms with Gasteiger partial charge in [-0.05, 0) is 29.7 Å². The highest BCUT2D eigenvalue weighted by Gasteiger charge is 2.10. The molecule has 0 aliphatic heterocycles. The molecule has 1 heterocycles. The van der Waals surface area contributed by atoms with E-state index in [1.54, 1.807) is 19.2 Å². The summed E-state index contributed by atoms with van der Waals surface area (Å²) in [6.07, 6.45) is 0. The highest BCUT2D eigenvalue weighted by Crippen LogP contribution is 2.20. The fourth-order valence-electron chi connectivity index (χ4n) is 1.51. The Hall–Kier alpha value is -1.33. The molecule has 0 unspecified atom stereocenters. The molecule has 0 saturated heterocycles. The van der Waals surface area contributed by atoms with Crippen molar-refractivity contribution in [3.63, 3.8) is 0 Å². The Bertz CT molecular complexity index is 718. The van der Waals surface area contributed by atoms with Crippen molar-refractivity contribution in [3.8, 4) is 0 Å². The maximum atomic E-state index is 11.3. The average Bonchev–Trinajstić information content (AvgIpc) is 2.22. The van der Waals surface area contributed by atoms with Crippen LogP contribution in [0.2, 0.25) is 0 Å². The summed E-state index contributed by atoms with van der Waals surface area (Å²) in [5.41, 5.74) is 0.519. The number of nitrogens with zero attached hydrogens (tertiary/aromatic N) is 1. The summed E-state index contributed by atoms with van der Waals surface area (Å²) in [5.74, 6) is 0. The predicted octanol–water partition coefficient (Wildman–Crippen LogP) is 1.47. The van der Waals surface area contributed by atoms with Gasteiger partial charge in [0.2, 0.25) is 0 Å². The summed E-state index contributed by atoms with van der Waals surface area (Å²) in [6, 6.07) is 7.34. The molecule has 0 aliphatic carbocycles. The van der Waals surface area contributed by atoms with Crippen LogP contribution in [-0.2, 0) is 16.1 Å². The van der Waals surface area contributed by atoms with Crippen molar-refractivity contribution in [2.24, 2.45) is 7.05 Å². The Morgan fingerprint density at radius 3 is 2.50 bits per heavy atom. The second-order valence-corrected chi connectivity index (χ2v) is 5.95. The molecule has 0 fully saturated rings. The fourth-order valence-corrected chi connectivity index (χ4v) is 2.30. The molecular weight excluding hydrogens is 250 g/mol. The number of hydrogen-bond donors (Lipinski definition) is 0. The zero-order valence-electron chi connectivity index (χ0n) is 8.34. The lowest BCUT2D eigenvalue weighted by atomic mass is 10.2. The van der Waals surface area contributed by atoms with E-state index in [1.807, 2.05) is 0 Å². The first-order valence-electron chi connectivity index (χ1n) is 4.44. The lowest BCUT2D eigenvalue weighted by Gasteiger charge is -2.04. The Morgan fingerprint density at radius 2 is 1.88 bits per heavy atom. The van der Waals surface area contributed by atoms with Crippen LogP contribution in [0.25, 0.3) is 10.9 Å². The van der Waals surface area contributed by atoms with Crippen LogP contribution < -0.4 is 5.56 Å². The first-order chi connectivity index (χ1) is 7.39. The maximum Gasteiger partial charge on any atom is 0.261 e. The van der Waals surface area contributed by atoms with Gasteiger partial charge in [-0.15, -0.1) is 0 Å². The molecule has 16 heavy (non-hydrogen) atoms. The van der Waals surface area contributed by atoms with Crippen molar-refractivity contribution in [1.82, 2.24) is 4.57 Å². The van der Waals surface area contributed by atoms with Crippen LogP contribution >= 0.6 is 10.7 Å². The van der Waals surface area contributed by atoms with Crippen LogP contribution in [0.5, 0.6) is 0 Å². The molecule has 0 saturated carbocycles. The quantitative estimate of drug-likeness (QED) is 0.727. The van der Waals surface area contributed by atoms with E-state index >= 15 is 0 Å². The van der Waals surface area contributed by atoms with E-state index in [0.29, 0.717) is 10.9 Å². The van der Waals surface area contributed by atoms with Gasteiger partial charge in [-0.25, -0.2) is 8.42 Å². The maximum absolute atomic E-state index is 11.3. The Kier molecular flexibility index (Phi) is 2.52. The molecule has 0 atom stereocenters. The molecule has 1 aromatic carbocycles. The van der Waals surface area contributed by atoms with E-state index in [4.69, 9.17) is 10.7 Å². The molecule has 0 spiro atoms. The number of fused-ring (bicyclic) bond motifs is 1. The number of aromatic nitrogens is 1. The number of aryl methyl sites for hydroxylation is 1. The molecule has 84 valence electrons. The van der Waals surface area contributed by atoms with E-state index in [9.17, 15) is 13.2 Å². The van der Waals surface area contributed by atoms with E-state index in [1.165, 1.54) is 22.8 Å². The Morgan fingerprint density at radius 1 is 1.19 bits per heavy atom. The topological polar surface area (TPSA) is 56.1 Å². The fraction of sp³-hybridized carbons (Fsp3) is 0.100. The second-order valence-electron chi connectivity index (χ2n) is 3.39. The summed E-state index contributed by atoms with van der Waals surface area (Å²) < 4.78 is 23.7. The summed E-state index contributed by atoms with van der Waals surface area (Å²) in [5, 5.41) is 0.656. The van der Waals surface area contributed by atoms with Crippen LogP contribution in [0, 0.1) is 0 Å². The molecule has 0 amide bonds. The van der Waals surface area contributed by atoms with Gasteiger partial charge in [0, 0.05) is 23.8 Å². The van der Waals surface area contributed by atoms with Gasteiger partial charge in [0.1, 0.15) is 0 Å². The lowest BCUT2D eigenvalue weighted by Crippen LogP contribution is -2.15. The smallest absolute Gasteiger partial charge is 0.261 e. The molecule has 4 nitrogen and oxygen atoms in total. The van der Waals surface area contributed by atoms with Crippen molar-refractivity contribution in [3.05, 3.63) is 40.7 Å².